The van der Waals surface area contributed by atoms with E-state index in [0.717, 1.165) is 61.0 Å². The fourth-order valence-electron chi connectivity index (χ4n) is 9.32. The third-order valence-corrected chi connectivity index (χ3v) is 12.9. The summed E-state index contributed by atoms with van der Waals surface area (Å²) in [6.45, 7) is 0. The number of fused-ring (bicyclic) bond motifs is 6. The van der Waals surface area contributed by atoms with Gasteiger partial charge in [-0.05, 0) is 53.1 Å². The first-order valence-corrected chi connectivity index (χ1v) is 20.9. The summed E-state index contributed by atoms with van der Waals surface area (Å²) in [7, 11) is 11.1. The Bertz CT molecular complexity index is 3500. The summed E-state index contributed by atoms with van der Waals surface area (Å²) in [6, 6.07) is 57.4. The molecule has 0 aliphatic carbocycles. The average molecular weight is 776 g/mol. The fourth-order valence-corrected chi connectivity index (χ4v) is 9.32. The van der Waals surface area contributed by atoms with Crippen molar-refractivity contribution < 1.29 is 4.42 Å². The SMILES string of the molecule is Bc1c(B)c(B)c(-c2ccc(-c3nc(-c4ccccc4)nc(-c4cccc5oc6c(-c7ccc8c(c7)c7ccccc7n8-c7ccccc7)cccc6c45)n3)cc2)c(B)c1B. The molecule has 0 N–H and O–H groups in total. The quantitative estimate of drug-likeness (QED) is 0.234. The van der Waals surface area contributed by atoms with Crippen LogP contribution in [0.25, 0.3) is 106 Å². The molecule has 8 aromatic carbocycles. The largest absolute Gasteiger partial charge is 0.455 e. The Balaban J connectivity index is 1.06. The second-order valence-electron chi connectivity index (χ2n) is 16.1. The summed E-state index contributed by atoms with van der Waals surface area (Å²) in [5.74, 6) is 1.83. The molecule has 0 unspecified atom stereocenters. The van der Waals surface area contributed by atoms with Crippen LogP contribution in [0.1, 0.15) is 0 Å². The normalized spacial score (nSPS) is 11.6. The molecular formula is C51H37B5N4O. The van der Waals surface area contributed by atoms with Gasteiger partial charge in [-0.25, -0.2) is 15.0 Å². The van der Waals surface area contributed by atoms with E-state index in [0.29, 0.717) is 17.5 Å². The lowest BCUT2D eigenvalue weighted by atomic mass is 9.59. The van der Waals surface area contributed by atoms with E-state index in [1.165, 1.54) is 54.7 Å². The van der Waals surface area contributed by atoms with E-state index < -0.39 is 0 Å². The molecule has 0 fully saturated rings. The number of aromatic nitrogens is 4. The first kappa shape index (κ1) is 36.8. The van der Waals surface area contributed by atoms with Gasteiger partial charge in [0.25, 0.3) is 0 Å². The molecule has 11 aromatic rings. The van der Waals surface area contributed by atoms with Crippen LogP contribution in [0, 0.1) is 0 Å². The highest BCUT2D eigenvalue weighted by Gasteiger charge is 2.21. The highest BCUT2D eigenvalue weighted by Crippen LogP contribution is 2.42. The van der Waals surface area contributed by atoms with E-state index in [1.54, 1.807) is 0 Å². The third-order valence-electron chi connectivity index (χ3n) is 12.9. The molecule has 3 aromatic heterocycles. The van der Waals surface area contributed by atoms with Crippen LogP contribution in [-0.2, 0) is 0 Å². The Kier molecular flexibility index (Phi) is 8.71. The Hall–Kier alpha value is -7.31. The molecule has 0 spiro atoms. The molecule has 0 aliphatic rings. The average Bonchev–Trinajstić information content (AvgIpc) is 3.87. The minimum atomic E-state index is 0.596. The molecule has 61 heavy (non-hydrogen) atoms. The zero-order chi connectivity index (χ0) is 41.4. The molecule has 0 saturated heterocycles. The molecular weight excluding hydrogens is 739 g/mol. The van der Waals surface area contributed by atoms with E-state index in [-0.39, 0.29) is 0 Å². The first-order valence-electron chi connectivity index (χ1n) is 20.9. The van der Waals surface area contributed by atoms with Gasteiger partial charge >= 0.3 is 0 Å². The summed E-state index contributed by atoms with van der Waals surface area (Å²) in [6.07, 6.45) is 0. The van der Waals surface area contributed by atoms with Gasteiger partial charge in [0.05, 0.1) is 11.0 Å². The molecule has 10 heteroatoms. The standard InChI is InChI=1S/C51H37B5N4O/c52-43-41(44(53)46(55)47(56)45(43)54)28-21-23-30(24-22-28)50-57-49(29-11-3-1-4-12-29)58-51(59-50)36-18-10-20-40-42(36)35-17-9-16-33(48(35)61-40)31-25-26-39-37(27-31)34-15-7-8-19-38(34)60(39)32-13-5-2-6-14-32/h1-27H,52-56H2. The van der Waals surface area contributed by atoms with Crippen molar-refractivity contribution in [2.45, 2.75) is 0 Å². The van der Waals surface area contributed by atoms with E-state index in [1.807, 2.05) is 42.5 Å². The van der Waals surface area contributed by atoms with Crippen molar-refractivity contribution in [1.82, 2.24) is 19.5 Å². The number of benzene rings is 8. The van der Waals surface area contributed by atoms with Gasteiger partial charge in [0.2, 0.25) is 0 Å². The number of furan rings is 1. The summed E-state index contributed by atoms with van der Waals surface area (Å²) in [5, 5.41) is 4.39. The lowest BCUT2D eigenvalue weighted by Gasteiger charge is -2.20. The minimum Gasteiger partial charge on any atom is -0.455 e. The lowest BCUT2D eigenvalue weighted by Crippen LogP contribution is -2.55. The lowest BCUT2D eigenvalue weighted by molar-refractivity contribution is 0.670. The molecule has 282 valence electrons. The Morgan fingerprint density at radius 3 is 1.67 bits per heavy atom. The van der Waals surface area contributed by atoms with Gasteiger partial charge in [-0.15, -0.1) is 16.4 Å². The molecule has 3 heterocycles. The molecule has 11 rings (SSSR count). The van der Waals surface area contributed by atoms with Gasteiger partial charge in [0.1, 0.15) is 50.4 Å². The molecule has 0 bridgehead atoms. The molecule has 5 nitrogen and oxygen atoms in total. The highest BCUT2D eigenvalue weighted by atomic mass is 16.3. The smallest absolute Gasteiger partial charge is 0.164 e. The molecule has 0 amide bonds. The van der Waals surface area contributed by atoms with Crippen LogP contribution in [0.3, 0.4) is 0 Å². The predicted molar refractivity (Wildman–Crippen MR) is 270 cm³/mol. The van der Waals surface area contributed by atoms with E-state index in [9.17, 15) is 0 Å². The second-order valence-corrected chi connectivity index (χ2v) is 16.1. The van der Waals surface area contributed by atoms with Crippen LogP contribution < -0.4 is 27.3 Å². The van der Waals surface area contributed by atoms with Crippen LogP contribution in [0.4, 0.5) is 0 Å². The van der Waals surface area contributed by atoms with Crippen molar-refractivity contribution in [2.24, 2.45) is 0 Å². The number of para-hydroxylation sites is 3. The van der Waals surface area contributed by atoms with Crippen LogP contribution >= 0.6 is 0 Å². The summed E-state index contributed by atoms with van der Waals surface area (Å²) < 4.78 is 9.17. The van der Waals surface area contributed by atoms with Crippen LogP contribution in [0.15, 0.2) is 168 Å². The molecule has 0 atom stereocenters. The Labute approximate surface area is 358 Å². The van der Waals surface area contributed by atoms with Crippen molar-refractivity contribution in [3.05, 3.63) is 164 Å². The van der Waals surface area contributed by atoms with Crippen molar-refractivity contribution in [2.75, 3.05) is 0 Å². The Morgan fingerprint density at radius 1 is 0.393 bits per heavy atom. The number of hydrogen-bond acceptors (Lipinski definition) is 4. The predicted octanol–water partition coefficient (Wildman–Crippen LogP) is 4.50. The minimum absolute atomic E-state index is 0.596. The van der Waals surface area contributed by atoms with E-state index in [4.69, 9.17) is 19.4 Å². The van der Waals surface area contributed by atoms with Crippen molar-refractivity contribution in [3.8, 4) is 62.1 Å². The monoisotopic (exact) mass is 776 g/mol. The molecule has 0 saturated carbocycles. The Morgan fingerprint density at radius 2 is 0.934 bits per heavy atom. The zero-order valence-electron chi connectivity index (χ0n) is 34.8. The van der Waals surface area contributed by atoms with Gasteiger partial charge in [-0.3, -0.25) is 0 Å². The van der Waals surface area contributed by atoms with Crippen LogP contribution in [-0.4, -0.2) is 58.8 Å². The van der Waals surface area contributed by atoms with Crippen molar-refractivity contribution in [1.29, 1.82) is 0 Å². The number of hydrogen-bond donors (Lipinski definition) is 0. The maximum absolute atomic E-state index is 6.83. The number of rotatable bonds is 6. The van der Waals surface area contributed by atoms with E-state index >= 15 is 0 Å². The zero-order valence-corrected chi connectivity index (χ0v) is 34.8. The van der Waals surface area contributed by atoms with Gasteiger partial charge in [-0.2, -0.15) is 0 Å². The van der Waals surface area contributed by atoms with Gasteiger partial charge in [0, 0.05) is 49.5 Å². The summed E-state index contributed by atoms with van der Waals surface area (Å²) >= 11 is 0. The first-order chi connectivity index (χ1) is 29.8. The van der Waals surface area contributed by atoms with Crippen LogP contribution in [0.5, 0.6) is 0 Å². The van der Waals surface area contributed by atoms with Gasteiger partial charge in [0.15, 0.2) is 17.5 Å². The molecule has 0 radical (unpaired) electrons. The fraction of sp³-hybridized carbons (Fsp3) is 0. The van der Waals surface area contributed by atoms with Gasteiger partial charge in [-0.1, -0.05) is 138 Å². The van der Waals surface area contributed by atoms with Crippen LogP contribution in [0.2, 0.25) is 0 Å². The van der Waals surface area contributed by atoms with Crippen molar-refractivity contribution in [3.63, 3.8) is 0 Å². The maximum Gasteiger partial charge on any atom is 0.164 e. The third kappa shape index (κ3) is 5.96. The maximum atomic E-state index is 6.83. The highest BCUT2D eigenvalue weighted by molar-refractivity contribution is 6.68. The van der Waals surface area contributed by atoms with Gasteiger partial charge < -0.3 is 8.98 Å². The molecule has 0 aliphatic heterocycles. The van der Waals surface area contributed by atoms with Crippen molar-refractivity contribution >= 4 is 110 Å². The number of nitrogens with zero attached hydrogens (tertiary/aromatic N) is 4. The summed E-state index contributed by atoms with van der Waals surface area (Å²) in [5.41, 5.74) is 19.1. The topological polar surface area (TPSA) is 56.7 Å². The summed E-state index contributed by atoms with van der Waals surface area (Å²) in [4.78, 5) is 15.5. The second kappa shape index (κ2) is 14.5. The van der Waals surface area contributed by atoms with E-state index in [2.05, 4.69) is 165 Å².